The van der Waals surface area contributed by atoms with Crippen LogP contribution in [0.2, 0.25) is 0 Å². The number of hydrogen-bond acceptors (Lipinski definition) is 0. The van der Waals surface area contributed by atoms with Crippen molar-refractivity contribution >= 4 is 81.7 Å². The number of aromatic nitrogens is 3. The molecule has 11 rings (SSSR count). The van der Waals surface area contributed by atoms with Crippen molar-refractivity contribution in [3.05, 3.63) is 152 Å². The van der Waals surface area contributed by atoms with Crippen molar-refractivity contribution < 1.29 is 0 Å². The maximum atomic E-state index is 2.52. The Labute approximate surface area is 257 Å². The van der Waals surface area contributed by atoms with E-state index in [1.807, 2.05) is 0 Å². The molecule has 0 fully saturated rings. The molecule has 0 atom stereocenters. The van der Waals surface area contributed by atoms with Crippen molar-refractivity contribution in [2.45, 2.75) is 0 Å². The minimum atomic E-state index is 1.18. The van der Waals surface area contributed by atoms with Crippen LogP contribution in [0.4, 0.5) is 0 Å². The summed E-state index contributed by atoms with van der Waals surface area (Å²) in [6.45, 7) is 0. The Bertz CT molecular complexity index is 2960. The second-order valence-corrected chi connectivity index (χ2v) is 12.2. The van der Waals surface area contributed by atoms with Crippen molar-refractivity contribution in [3.63, 3.8) is 0 Å². The van der Waals surface area contributed by atoms with Crippen LogP contribution in [0.15, 0.2) is 152 Å². The molecule has 0 aliphatic rings. The highest BCUT2D eigenvalue weighted by molar-refractivity contribution is 6.33. The average Bonchev–Trinajstić information content (AvgIpc) is 3.82. The Balaban J connectivity index is 1.35. The molecule has 0 aliphatic carbocycles. The molecular weight excluding hydrogens is 546 g/mol. The summed E-state index contributed by atoms with van der Waals surface area (Å²) in [7, 11) is 0. The lowest BCUT2D eigenvalue weighted by Gasteiger charge is -2.08. The number of benzene rings is 7. The first-order valence-electron chi connectivity index (χ1n) is 15.5. The van der Waals surface area contributed by atoms with Crippen LogP contribution in [-0.2, 0) is 0 Å². The zero-order valence-electron chi connectivity index (χ0n) is 24.3. The van der Waals surface area contributed by atoms with Crippen molar-refractivity contribution in [2.75, 3.05) is 0 Å². The van der Waals surface area contributed by atoms with Gasteiger partial charge < -0.3 is 13.5 Å². The minimum Gasteiger partial charge on any atom is -0.309 e. The van der Waals surface area contributed by atoms with Gasteiger partial charge in [0.05, 0.1) is 38.6 Å². The van der Waals surface area contributed by atoms with E-state index in [0.29, 0.717) is 0 Å². The molecule has 3 nitrogen and oxygen atoms in total. The fraction of sp³-hybridized carbons (Fsp3) is 0. The van der Waals surface area contributed by atoms with E-state index in [9.17, 15) is 0 Å². The molecular formula is C42H25N3. The van der Waals surface area contributed by atoms with Crippen molar-refractivity contribution in [1.29, 1.82) is 0 Å². The van der Waals surface area contributed by atoms with E-state index < -0.39 is 0 Å². The summed E-state index contributed by atoms with van der Waals surface area (Å²) in [5.74, 6) is 0. The van der Waals surface area contributed by atoms with Gasteiger partial charge in [-0.25, -0.2) is 0 Å². The van der Waals surface area contributed by atoms with Gasteiger partial charge in [0.2, 0.25) is 0 Å². The van der Waals surface area contributed by atoms with Gasteiger partial charge in [-0.3, -0.25) is 0 Å². The maximum Gasteiger partial charge on any atom is 0.0620 e. The molecule has 0 aliphatic heterocycles. The van der Waals surface area contributed by atoms with Crippen LogP contribution in [0.3, 0.4) is 0 Å². The van der Waals surface area contributed by atoms with Crippen LogP contribution in [-0.4, -0.2) is 13.5 Å². The van der Waals surface area contributed by atoms with Crippen LogP contribution in [0.1, 0.15) is 0 Å². The average molecular weight is 572 g/mol. The molecule has 0 bridgehead atoms. The van der Waals surface area contributed by atoms with Gasteiger partial charge in [0.1, 0.15) is 0 Å². The Morgan fingerprint density at radius 1 is 0.289 bits per heavy atom. The van der Waals surface area contributed by atoms with E-state index in [0.717, 1.165) is 0 Å². The first-order chi connectivity index (χ1) is 22.4. The van der Waals surface area contributed by atoms with Gasteiger partial charge in [-0.1, -0.05) is 91.0 Å². The highest BCUT2D eigenvalue weighted by Gasteiger charge is 2.23. The molecule has 11 aromatic rings. The molecule has 3 heteroatoms. The quantitative estimate of drug-likeness (QED) is 0.196. The molecule has 4 aromatic heterocycles. The normalized spacial score (nSPS) is 12.4. The Hall–Kier alpha value is -6.06. The molecule has 0 saturated heterocycles. The number of rotatable bonds is 2. The van der Waals surface area contributed by atoms with Crippen LogP contribution >= 0.6 is 0 Å². The van der Waals surface area contributed by atoms with E-state index in [2.05, 4.69) is 165 Å². The molecule has 0 unspecified atom stereocenters. The first-order valence-corrected chi connectivity index (χ1v) is 15.5. The lowest BCUT2D eigenvalue weighted by molar-refractivity contribution is 1.18. The lowest BCUT2D eigenvalue weighted by Crippen LogP contribution is -1.93. The van der Waals surface area contributed by atoms with Crippen molar-refractivity contribution in [2.24, 2.45) is 0 Å². The molecule has 0 radical (unpaired) electrons. The predicted octanol–water partition coefficient (Wildman–Crippen LogP) is 11.0. The molecule has 0 amide bonds. The van der Waals surface area contributed by atoms with Gasteiger partial charge in [-0.05, 0) is 60.7 Å². The van der Waals surface area contributed by atoms with E-state index in [1.54, 1.807) is 0 Å². The first kappa shape index (κ1) is 23.4. The molecule has 0 saturated carbocycles. The zero-order valence-corrected chi connectivity index (χ0v) is 24.3. The van der Waals surface area contributed by atoms with E-state index in [1.165, 1.54) is 93.1 Å². The van der Waals surface area contributed by atoms with Gasteiger partial charge in [0.25, 0.3) is 0 Å². The van der Waals surface area contributed by atoms with Crippen LogP contribution in [0.25, 0.3) is 93.1 Å². The lowest BCUT2D eigenvalue weighted by atomic mass is 10.0. The summed E-state index contributed by atoms with van der Waals surface area (Å²) in [5, 5.41) is 10.4. The van der Waals surface area contributed by atoms with E-state index in [-0.39, 0.29) is 0 Å². The standard InChI is InChI=1S/C42H25N3/c1-3-12-26(13-4-1)43-35-21-10-8-17-30(35)40-36(43)22-23-37-41(40)31-19-11-18-29-33-24-32-28-16-7-9-20-34(28)44(27-14-5-2-6-15-27)38(32)25-39(33)45(37)42(29)31/h1-25H. The van der Waals surface area contributed by atoms with Gasteiger partial charge in [-0.2, -0.15) is 0 Å². The Morgan fingerprint density at radius 3 is 1.58 bits per heavy atom. The second kappa shape index (κ2) is 8.31. The summed E-state index contributed by atoms with van der Waals surface area (Å²) in [6.07, 6.45) is 0. The van der Waals surface area contributed by atoms with Crippen LogP contribution in [0, 0.1) is 0 Å². The van der Waals surface area contributed by atoms with E-state index in [4.69, 9.17) is 0 Å². The molecule has 45 heavy (non-hydrogen) atoms. The monoisotopic (exact) mass is 571 g/mol. The fourth-order valence-corrected chi connectivity index (χ4v) is 8.20. The van der Waals surface area contributed by atoms with Gasteiger partial charge in [0, 0.05) is 54.5 Å². The maximum absolute atomic E-state index is 2.52. The summed E-state index contributed by atoms with van der Waals surface area (Å²) < 4.78 is 7.36. The second-order valence-electron chi connectivity index (χ2n) is 12.2. The number of hydrogen-bond donors (Lipinski definition) is 0. The number of fused-ring (bicyclic) bond motifs is 13. The van der Waals surface area contributed by atoms with Crippen molar-refractivity contribution in [3.8, 4) is 11.4 Å². The zero-order chi connectivity index (χ0) is 29.2. The van der Waals surface area contributed by atoms with Crippen molar-refractivity contribution in [1.82, 2.24) is 13.5 Å². The van der Waals surface area contributed by atoms with Crippen LogP contribution in [0.5, 0.6) is 0 Å². The number of para-hydroxylation sites is 5. The molecule has 208 valence electrons. The van der Waals surface area contributed by atoms with Crippen LogP contribution < -0.4 is 0 Å². The van der Waals surface area contributed by atoms with Gasteiger partial charge in [0.15, 0.2) is 0 Å². The summed E-state index contributed by atoms with van der Waals surface area (Å²) in [6, 6.07) is 55.5. The highest BCUT2D eigenvalue weighted by Crippen LogP contribution is 2.46. The molecule has 7 aromatic carbocycles. The largest absolute Gasteiger partial charge is 0.309 e. The Morgan fingerprint density at radius 2 is 0.822 bits per heavy atom. The third-order valence-electron chi connectivity index (χ3n) is 9.94. The summed E-state index contributed by atoms with van der Waals surface area (Å²) in [5.41, 5.74) is 11.1. The third kappa shape index (κ3) is 2.86. The Kier molecular flexibility index (Phi) is 4.32. The SMILES string of the molecule is c1ccc(-n2c3ccccc3c3cc4c5cccc6c7c8c9ccccc9n(-c9ccccc9)c8ccc7n(c4cc32)c56)cc1. The topological polar surface area (TPSA) is 14.3 Å². The summed E-state index contributed by atoms with van der Waals surface area (Å²) >= 11 is 0. The molecule has 0 spiro atoms. The number of nitrogens with zero attached hydrogens (tertiary/aromatic N) is 3. The van der Waals surface area contributed by atoms with E-state index >= 15 is 0 Å². The molecule has 4 heterocycles. The predicted molar refractivity (Wildman–Crippen MR) is 190 cm³/mol. The smallest absolute Gasteiger partial charge is 0.0620 e. The molecule has 0 N–H and O–H groups in total. The third-order valence-corrected chi connectivity index (χ3v) is 9.94. The minimum absolute atomic E-state index is 1.18. The highest BCUT2D eigenvalue weighted by atomic mass is 15.0. The summed E-state index contributed by atoms with van der Waals surface area (Å²) in [4.78, 5) is 0. The van der Waals surface area contributed by atoms with Gasteiger partial charge >= 0.3 is 0 Å². The fourth-order valence-electron chi connectivity index (χ4n) is 8.20. The van der Waals surface area contributed by atoms with Gasteiger partial charge in [-0.15, -0.1) is 0 Å².